The zero-order chi connectivity index (χ0) is 13.8. The molecule has 0 bridgehead atoms. The van der Waals surface area contributed by atoms with Gasteiger partial charge in [-0.3, -0.25) is 0 Å². The second kappa shape index (κ2) is 5.24. The van der Waals surface area contributed by atoms with Crippen molar-refractivity contribution < 1.29 is 22.7 Å². The molecule has 1 aromatic rings. The summed E-state index contributed by atoms with van der Waals surface area (Å²) in [6.07, 6.45) is -4.64. The highest BCUT2D eigenvalue weighted by Gasteiger charge is 2.33. The Kier molecular flexibility index (Phi) is 3.96. The smallest absolute Gasteiger partial charge is 0.417 e. The van der Waals surface area contributed by atoms with E-state index in [-0.39, 0.29) is 5.56 Å². The van der Waals surface area contributed by atoms with E-state index in [2.05, 4.69) is 10.7 Å². The van der Waals surface area contributed by atoms with Crippen LogP contribution in [0.1, 0.15) is 16.7 Å². The summed E-state index contributed by atoms with van der Waals surface area (Å²) in [5.41, 5.74) is -1.60. The summed E-state index contributed by atoms with van der Waals surface area (Å²) >= 11 is 0. The maximum absolute atomic E-state index is 12.6. The molecule has 0 spiro atoms. The van der Waals surface area contributed by atoms with E-state index in [1.54, 1.807) is 0 Å². The highest BCUT2D eigenvalue weighted by atomic mass is 19.4. The molecule has 0 aliphatic carbocycles. The third-order valence-corrected chi connectivity index (χ3v) is 1.94. The first-order chi connectivity index (χ1) is 8.38. The van der Waals surface area contributed by atoms with Gasteiger partial charge in [0.05, 0.1) is 24.3 Å². The Hall–Kier alpha value is -2.47. The molecule has 0 fully saturated rings. The van der Waals surface area contributed by atoms with E-state index in [9.17, 15) is 18.0 Å². The summed E-state index contributed by atoms with van der Waals surface area (Å²) in [7, 11) is 1.11. The molecular weight excluding hydrogens is 247 g/mol. The van der Waals surface area contributed by atoms with Gasteiger partial charge in [-0.05, 0) is 18.2 Å². The number of nitrogens with zero attached hydrogens (tertiary/aromatic N) is 1. The lowest BCUT2D eigenvalue weighted by Gasteiger charge is -2.08. The number of methoxy groups -OCH3 is 1. The molecule has 0 saturated heterocycles. The van der Waals surface area contributed by atoms with Gasteiger partial charge in [-0.2, -0.15) is 18.4 Å². The van der Waals surface area contributed by atoms with Gasteiger partial charge in [-0.1, -0.05) is 5.92 Å². The molecule has 0 atom stereocenters. The topological polar surface area (TPSA) is 50.1 Å². The second-order valence-corrected chi connectivity index (χ2v) is 3.11. The maximum atomic E-state index is 12.6. The highest BCUT2D eigenvalue weighted by molar-refractivity contribution is 5.89. The molecule has 0 aliphatic rings. The number of hydrogen-bond acceptors (Lipinski definition) is 3. The van der Waals surface area contributed by atoms with Crippen molar-refractivity contribution in [1.82, 2.24) is 0 Å². The summed E-state index contributed by atoms with van der Waals surface area (Å²) < 4.78 is 42.0. The van der Waals surface area contributed by atoms with Crippen LogP contribution in [0.5, 0.6) is 0 Å². The van der Waals surface area contributed by atoms with E-state index in [4.69, 9.17) is 5.26 Å². The van der Waals surface area contributed by atoms with Crippen LogP contribution in [0.3, 0.4) is 0 Å². The van der Waals surface area contributed by atoms with E-state index in [1.807, 2.05) is 5.92 Å². The molecule has 92 valence electrons. The lowest BCUT2D eigenvalue weighted by Crippen LogP contribution is -2.08. The molecule has 18 heavy (non-hydrogen) atoms. The predicted molar refractivity (Wildman–Crippen MR) is 55.1 cm³/mol. The zero-order valence-electron chi connectivity index (χ0n) is 9.13. The van der Waals surface area contributed by atoms with Crippen molar-refractivity contribution in [2.75, 3.05) is 7.11 Å². The molecule has 0 heterocycles. The summed E-state index contributed by atoms with van der Waals surface area (Å²) in [5.74, 6) is 3.37. The summed E-state index contributed by atoms with van der Waals surface area (Å²) in [4.78, 5) is 10.7. The van der Waals surface area contributed by atoms with Gasteiger partial charge < -0.3 is 4.74 Å². The Bertz CT molecular complexity index is 574. The Morgan fingerprint density at radius 1 is 1.39 bits per heavy atom. The van der Waals surface area contributed by atoms with Crippen LogP contribution >= 0.6 is 0 Å². The van der Waals surface area contributed by atoms with Crippen molar-refractivity contribution in [2.24, 2.45) is 0 Å². The Morgan fingerprint density at radius 2 is 2.06 bits per heavy atom. The van der Waals surface area contributed by atoms with Gasteiger partial charge in [0.25, 0.3) is 0 Å². The summed E-state index contributed by atoms with van der Waals surface area (Å²) in [6, 6.07) is 4.39. The first-order valence-electron chi connectivity index (χ1n) is 4.60. The Morgan fingerprint density at radius 3 is 2.56 bits per heavy atom. The average molecular weight is 253 g/mol. The normalized spacial score (nSPS) is 9.94. The van der Waals surface area contributed by atoms with Crippen LogP contribution in [-0.4, -0.2) is 13.1 Å². The summed E-state index contributed by atoms with van der Waals surface area (Å²) in [5, 5.41) is 8.57. The molecule has 0 saturated carbocycles. The first-order valence-corrected chi connectivity index (χ1v) is 4.60. The van der Waals surface area contributed by atoms with E-state index in [0.29, 0.717) is 6.07 Å². The van der Waals surface area contributed by atoms with Gasteiger partial charge in [-0.25, -0.2) is 4.79 Å². The minimum atomic E-state index is -4.64. The maximum Gasteiger partial charge on any atom is 0.417 e. The quantitative estimate of drug-likeness (QED) is 0.525. The number of ether oxygens (including phenoxy) is 1. The summed E-state index contributed by atoms with van der Waals surface area (Å²) in [6.45, 7) is 0. The number of nitriles is 1. The average Bonchev–Trinajstić information content (AvgIpc) is 2.34. The number of hydrogen-bond donors (Lipinski definition) is 0. The largest absolute Gasteiger partial charge is 0.459 e. The number of carbonyl (C=O) groups is 1. The van der Waals surface area contributed by atoms with E-state index < -0.39 is 23.3 Å². The molecule has 0 N–H and O–H groups in total. The van der Waals surface area contributed by atoms with Crippen LogP contribution < -0.4 is 0 Å². The molecule has 0 aromatic heterocycles. The van der Waals surface area contributed by atoms with Crippen LogP contribution in [-0.2, 0) is 15.7 Å². The number of carbonyl (C=O) groups excluding carboxylic acids is 1. The van der Waals surface area contributed by atoms with Gasteiger partial charge >= 0.3 is 12.1 Å². The molecule has 0 radical (unpaired) electrons. The number of esters is 1. The second-order valence-electron chi connectivity index (χ2n) is 3.11. The van der Waals surface area contributed by atoms with Gasteiger partial charge in [0, 0.05) is 11.5 Å². The van der Waals surface area contributed by atoms with Gasteiger partial charge in [0.1, 0.15) is 0 Å². The molecule has 0 amide bonds. The molecule has 0 unspecified atom stereocenters. The number of benzene rings is 1. The van der Waals surface area contributed by atoms with Gasteiger partial charge in [-0.15, -0.1) is 0 Å². The Balaban J connectivity index is 3.23. The number of alkyl halides is 3. The first kappa shape index (κ1) is 13.6. The van der Waals surface area contributed by atoms with Crippen LogP contribution in [0.4, 0.5) is 13.2 Å². The SMILES string of the molecule is COC(=O)C#Cc1ccc(C#N)c(C(F)(F)F)c1. The number of halogens is 3. The predicted octanol–water partition coefficient (Wildman–Crippen LogP) is 2.10. The van der Waals surface area contributed by atoms with Crippen LogP contribution in [0, 0.1) is 23.2 Å². The Labute approximate surface area is 101 Å². The lowest BCUT2D eigenvalue weighted by atomic mass is 10.0. The van der Waals surface area contributed by atoms with Crippen molar-refractivity contribution in [1.29, 1.82) is 5.26 Å². The van der Waals surface area contributed by atoms with Crippen molar-refractivity contribution in [3.63, 3.8) is 0 Å². The van der Waals surface area contributed by atoms with Crippen molar-refractivity contribution in [3.05, 3.63) is 34.9 Å². The van der Waals surface area contributed by atoms with Crippen LogP contribution in [0.2, 0.25) is 0 Å². The number of rotatable bonds is 0. The third kappa shape index (κ3) is 3.26. The fraction of sp³-hybridized carbons (Fsp3) is 0.167. The third-order valence-electron chi connectivity index (χ3n) is 1.94. The molecular formula is C12H6F3NO2. The monoisotopic (exact) mass is 253 g/mol. The standard InChI is InChI=1S/C12H6F3NO2/c1-18-11(17)5-3-8-2-4-9(7-16)10(6-8)12(13,14)15/h2,4,6H,1H3. The zero-order valence-corrected chi connectivity index (χ0v) is 9.13. The lowest BCUT2D eigenvalue weighted by molar-refractivity contribution is -0.137. The van der Waals surface area contributed by atoms with E-state index in [1.165, 1.54) is 12.1 Å². The fourth-order valence-corrected chi connectivity index (χ4v) is 1.13. The van der Waals surface area contributed by atoms with E-state index >= 15 is 0 Å². The van der Waals surface area contributed by atoms with Crippen molar-refractivity contribution >= 4 is 5.97 Å². The molecule has 1 aromatic carbocycles. The minimum Gasteiger partial charge on any atom is -0.459 e. The fourth-order valence-electron chi connectivity index (χ4n) is 1.13. The van der Waals surface area contributed by atoms with Crippen molar-refractivity contribution in [3.8, 4) is 17.9 Å². The minimum absolute atomic E-state index is 0.0216. The molecule has 1 rings (SSSR count). The van der Waals surface area contributed by atoms with Crippen LogP contribution in [0.25, 0.3) is 0 Å². The molecule has 0 aliphatic heterocycles. The van der Waals surface area contributed by atoms with E-state index in [0.717, 1.165) is 13.2 Å². The molecule has 6 heteroatoms. The highest BCUT2D eigenvalue weighted by Crippen LogP contribution is 2.32. The van der Waals surface area contributed by atoms with Crippen LogP contribution in [0.15, 0.2) is 18.2 Å². The van der Waals surface area contributed by atoms with Gasteiger partial charge in [0.15, 0.2) is 0 Å². The molecule has 3 nitrogen and oxygen atoms in total. The van der Waals surface area contributed by atoms with Crippen molar-refractivity contribution in [2.45, 2.75) is 6.18 Å². The van der Waals surface area contributed by atoms with Gasteiger partial charge in [0.2, 0.25) is 0 Å².